The molecular weight excluding hydrogens is 592 g/mol. The Bertz CT molecular complexity index is 1260. The number of nitrogens with two attached hydrogens (primary N) is 1. The van der Waals surface area contributed by atoms with Crippen molar-refractivity contribution in [3.63, 3.8) is 0 Å². The lowest BCUT2D eigenvalue weighted by atomic mass is 10.0. The molecule has 0 bridgehead atoms. The van der Waals surface area contributed by atoms with Crippen LogP contribution < -0.4 is 11.1 Å². The minimum absolute atomic E-state index is 0.0660. The summed E-state index contributed by atoms with van der Waals surface area (Å²) >= 11 is 1.29. The molecular formula is C34H46N4O6S. The maximum absolute atomic E-state index is 14.1. The summed E-state index contributed by atoms with van der Waals surface area (Å²) in [5.41, 5.74) is 7.28. The number of carboxylic acid groups (broad SMARTS) is 1. The van der Waals surface area contributed by atoms with Gasteiger partial charge in [0.1, 0.15) is 11.8 Å². The van der Waals surface area contributed by atoms with E-state index in [0.717, 1.165) is 11.1 Å². The number of hydrogen-bond acceptors (Lipinski definition) is 7. The molecule has 0 heterocycles. The van der Waals surface area contributed by atoms with Crippen molar-refractivity contribution in [3.05, 3.63) is 91.0 Å². The fourth-order valence-electron chi connectivity index (χ4n) is 4.87. The first-order valence-corrected chi connectivity index (χ1v) is 16.0. The van der Waals surface area contributed by atoms with Crippen LogP contribution in [0.3, 0.4) is 0 Å². The van der Waals surface area contributed by atoms with Crippen LogP contribution in [0.25, 0.3) is 0 Å². The summed E-state index contributed by atoms with van der Waals surface area (Å²) in [5, 5.41) is 21.5. The van der Waals surface area contributed by atoms with Crippen LogP contribution in [0.5, 0.6) is 5.75 Å². The molecule has 0 saturated carbocycles. The molecule has 3 amide bonds. The summed E-state index contributed by atoms with van der Waals surface area (Å²) in [5.74, 6) is -2.03. The second-order valence-electron chi connectivity index (χ2n) is 11.2. The van der Waals surface area contributed by atoms with Crippen LogP contribution in [-0.2, 0) is 32.0 Å². The van der Waals surface area contributed by atoms with E-state index in [4.69, 9.17) is 5.73 Å². The van der Waals surface area contributed by atoms with Crippen LogP contribution in [0.15, 0.2) is 79.9 Å². The maximum atomic E-state index is 14.1. The Morgan fingerprint density at radius 1 is 0.956 bits per heavy atom. The van der Waals surface area contributed by atoms with Crippen molar-refractivity contribution in [1.82, 2.24) is 15.1 Å². The number of phenolic OH excluding ortho intramolecular Hbond substituents is 1. The quantitative estimate of drug-likeness (QED) is 0.152. The zero-order valence-corrected chi connectivity index (χ0v) is 27.0. The molecule has 0 aliphatic carbocycles. The minimum Gasteiger partial charge on any atom is -0.508 e. The Kier molecular flexibility index (Phi) is 15.9. The molecule has 244 valence electrons. The number of nitrogens with zero attached hydrogens (tertiary/aromatic N) is 2. The lowest BCUT2D eigenvalue weighted by Gasteiger charge is -2.33. The highest BCUT2D eigenvalue weighted by atomic mass is 32.2. The van der Waals surface area contributed by atoms with Crippen LogP contribution in [-0.4, -0.2) is 93.0 Å². The van der Waals surface area contributed by atoms with E-state index in [9.17, 15) is 29.4 Å². The third-order valence-electron chi connectivity index (χ3n) is 7.04. The number of aromatic hydroxyl groups is 1. The molecule has 11 heteroatoms. The van der Waals surface area contributed by atoms with E-state index in [1.807, 2.05) is 49.1 Å². The van der Waals surface area contributed by atoms with E-state index in [1.54, 1.807) is 36.4 Å². The van der Waals surface area contributed by atoms with E-state index in [0.29, 0.717) is 38.1 Å². The minimum atomic E-state index is -1.10. The monoisotopic (exact) mass is 638 g/mol. The lowest BCUT2D eigenvalue weighted by molar-refractivity contribution is -0.142. The number of hydrogen-bond donors (Lipinski definition) is 4. The summed E-state index contributed by atoms with van der Waals surface area (Å²) in [6.07, 6.45) is 4.31. The molecule has 0 spiro atoms. The maximum Gasteiger partial charge on any atom is 0.326 e. The molecule has 2 aromatic rings. The lowest BCUT2D eigenvalue weighted by Crippen LogP contribution is -2.52. The summed E-state index contributed by atoms with van der Waals surface area (Å²) in [6, 6.07) is 14.3. The average molecular weight is 639 g/mol. The van der Waals surface area contributed by atoms with Gasteiger partial charge in [0.05, 0.1) is 17.8 Å². The van der Waals surface area contributed by atoms with Crippen LogP contribution in [0.2, 0.25) is 0 Å². The van der Waals surface area contributed by atoms with E-state index in [-0.39, 0.29) is 30.7 Å². The van der Waals surface area contributed by atoms with Gasteiger partial charge in [0, 0.05) is 25.4 Å². The van der Waals surface area contributed by atoms with Crippen LogP contribution in [0.1, 0.15) is 31.4 Å². The number of rotatable bonds is 21. The number of phenols is 1. The average Bonchev–Trinajstić information content (AvgIpc) is 2.99. The molecule has 0 aliphatic heterocycles. The number of carbonyl (C=O) groups excluding carboxylic acids is 3. The van der Waals surface area contributed by atoms with Crippen LogP contribution in [0, 0.1) is 5.92 Å². The molecule has 5 N–H and O–H groups in total. The van der Waals surface area contributed by atoms with Gasteiger partial charge in [-0.15, -0.1) is 24.9 Å². The number of carbonyl (C=O) groups is 4. The third-order valence-corrected chi connectivity index (χ3v) is 8.24. The molecule has 0 unspecified atom stereocenters. The Hall–Kier alpha value is -4.09. The molecule has 3 atom stereocenters. The Labute approximate surface area is 270 Å². The molecule has 45 heavy (non-hydrogen) atoms. The number of amides is 3. The van der Waals surface area contributed by atoms with Crippen molar-refractivity contribution in [2.45, 2.75) is 50.4 Å². The van der Waals surface area contributed by atoms with Gasteiger partial charge in [0.25, 0.3) is 0 Å². The number of primary amides is 1. The van der Waals surface area contributed by atoms with Crippen molar-refractivity contribution < 1.29 is 29.4 Å². The Morgan fingerprint density at radius 2 is 1.56 bits per heavy atom. The molecule has 0 aliphatic rings. The number of nitrogens with one attached hydrogen (secondary N) is 1. The van der Waals surface area contributed by atoms with Crippen molar-refractivity contribution >= 4 is 35.5 Å². The van der Waals surface area contributed by atoms with Crippen molar-refractivity contribution in [1.29, 1.82) is 0 Å². The Balaban J connectivity index is 2.30. The van der Waals surface area contributed by atoms with Gasteiger partial charge in [0.2, 0.25) is 17.7 Å². The van der Waals surface area contributed by atoms with Crippen molar-refractivity contribution in [2.75, 3.05) is 31.9 Å². The van der Waals surface area contributed by atoms with E-state index in [2.05, 4.69) is 18.5 Å². The predicted molar refractivity (Wildman–Crippen MR) is 179 cm³/mol. The van der Waals surface area contributed by atoms with Crippen molar-refractivity contribution in [3.8, 4) is 5.75 Å². The van der Waals surface area contributed by atoms with Gasteiger partial charge in [-0.1, -0.05) is 68.5 Å². The van der Waals surface area contributed by atoms with E-state index < -0.39 is 35.1 Å². The number of thioether (sulfide) groups is 1. The largest absolute Gasteiger partial charge is 0.508 e. The number of aliphatic carboxylic acids is 1. The summed E-state index contributed by atoms with van der Waals surface area (Å²) in [7, 11) is 0. The second kappa shape index (κ2) is 19.3. The van der Waals surface area contributed by atoms with Gasteiger partial charge in [-0.05, 0) is 48.4 Å². The molecule has 0 fully saturated rings. The van der Waals surface area contributed by atoms with Crippen molar-refractivity contribution in [2.24, 2.45) is 11.7 Å². The number of benzene rings is 2. The molecule has 10 nitrogen and oxygen atoms in total. The van der Waals surface area contributed by atoms with Gasteiger partial charge < -0.3 is 26.2 Å². The van der Waals surface area contributed by atoms with E-state index >= 15 is 0 Å². The topological polar surface area (TPSA) is 153 Å². The van der Waals surface area contributed by atoms with Gasteiger partial charge in [0.15, 0.2) is 0 Å². The van der Waals surface area contributed by atoms with Gasteiger partial charge in [-0.2, -0.15) is 0 Å². The highest BCUT2D eigenvalue weighted by Crippen LogP contribution is 2.20. The molecule has 0 radical (unpaired) electrons. The second-order valence-corrected chi connectivity index (χ2v) is 12.5. The molecule has 0 aromatic heterocycles. The summed E-state index contributed by atoms with van der Waals surface area (Å²) < 4.78 is 0. The molecule has 2 aromatic carbocycles. The summed E-state index contributed by atoms with van der Waals surface area (Å²) in [4.78, 5) is 54.7. The first-order chi connectivity index (χ1) is 21.4. The number of carboxylic acids is 1. The molecule has 0 saturated heterocycles. The Morgan fingerprint density at radius 3 is 2.09 bits per heavy atom. The summed E-state index contributed by atoms with van der Waals surface area (Å²) in [6.45, 7) is 12.0. The highest BCUT2D eigenvalue weighted by Gasteiger charge is 2.31. The fraction of sp³-hybridized carbons (Fsp3) is 0.412. The third kappa shape index (κ3) is 13.2. The predicted octanol–water partition coefficient (Wildman–Crippen LogP) is 3.25. The van der Waals surface area contributed by atoms with Gasteiger partial charge in [-0.3, -0.25) is 19.3 Å². The standard InChI is InChI=1S/C34H46N4O6S/c1-5-16-37(17-6-2)29(21-26-12-14-27(39)15-13-26)33(42)38(23-31(35)40)18-19-45-30(22-25-10-8-7-9-11-25)32(41)36-28(34(43)44)20-24(3)4/h5-15,24,28-30,39H,1-2,16-23H2,3-4H3,(H2,35,40)(H,36,41)(H,43,44)/t28-,29-,30-/m0/s1. The zero-order chi connectivity index (χ0) is 33.4. The first-order valence-electron chi connectivity index (χ1n) is 14.9. The van der Waals surface area contributed by atoms with Crippen LogP contribution >= 0.6 is 11.8 Å². The van der Waals surface area contributed by atoms with Gasteiger partial charge in [-0.25, -0.2) is 4.79 Å². The fourth-order valence-corrected chi connectivity index (χ4v) is 6.01. The highest BCUT2D eigenvalue weighted by molar-refractivity contribution is 8.00. The van der Waals surface area contributed by atoms with Gasteiger partial charge >= 0.3 is 5.97 Å². The SMILES string of the molecule is C=CCN(CC=C)[C@@H](Cc1ccc(O)cc1)C(=O)N(CCS[C@@H](Cc1ccccc1)C(=O)N[C@@H](CC(C)C)C(=O)O)CC(N)=O. The zero-order valence-electron chi connectivity index (χ0n) is 26.1. The smallest absolute Gasteiger partial charge is 0.326 e. The van der Waals surface area contributed by atoms with E-state index in [1.165, 1.54) is 16.7 Å². The molecule has 2 rings (SSSR count). The van der Waals surface area contributed by atoms with Crippen LogP contribution in [0.4, 0.5) is 0 Å². The first kappa shape index (κ1) is 37.1. The normalized spacial score (nSPS) is 13.1.